The highest BCUT2D eigenvalue weighted by Gasteiger charge is 2.34. The maximum Gasteiger partial charge on any atom is 0.574 e. The summed E-state index contributed by atoms with van der Waals surface area (Å²) in [6.07, 6.45) is -4.92. The third kappa shape index (κ3) is 3.14. The fourth-order valence-electron chi connectivity index (χ4n) is 1.03. The van der Waals surface area contributed by atoms with E-state index in [1.54, 1.807) is 6.07 Å². The lowest BCUT2D eigenvalue weighted by Crippen LogP contribution is -2.18. The van der Waals surface area contributed by atoms with Gasteiger partial charge in [-0.2, -0.15) is 10.2 Å². The molecule has 0 saturated carbocycles. The lowest BCUT2D eigenvalue weighted by molar-refractivity contribution is -0.276. The van der Waals surface area contributed by atoms with Gasteiger partial charge in [-0.1, -0.05) is 0 Å². The summed E-state index contributed by atoms with van der Waals surface area (Å²) < 4.78 is 49.2. The Bertz CT molecular complexity index is 454. The topological polar surface area (TPSA) is 64.4 Å². The van der Waals surface area contributed by atoms with E-state index in [1.165, 1.54) is 7.11 Å². The van der Waals surface area contributed by atoms with Crippen molar-refractivity contribution in [1.82, 2.24) is 4.98 Å². The highest BCUT2D eigenvalue weighted by atomic mass is 19.4. The Morgan fingerprint density at radius 3 is 2.24 bits per heavy atom. The van der Waals surface area contributed by atoms with Gasteiger partial charge in [-0.3, -0.25) is 0 Å². The zero-order valence-electron chi connectivity index (χ0n) is 8.83. The second kappa shape index (κ2) is 4.78. The standard InChI is InChI=1S/C9H7F3N2O3/c1-15-6-3-7(16-2)8(14-5(6)4-13)17-9(10,11)12/h3H,1-2H3. The van der Waals surface area contributed by atoms with Gasteiger partial charge in [0.2, 0.25) is 0 Å². The molecule has 0 N–H and O–H groups in total. The minimum absolute atomic E-state index is 0.00104. The van der Waals surface area contributed by atoms with E-state index in [4.69, 9.17) is 10.00 Å². The Morgan fingerprint density at radius 2 is 1.82 bits per heavy atom. The molecule has 1 rings (SSSR count). The van der Waals surface area contributed by atoms with Crippen molar-refractivity contribution in [1.29, 1.82) is 5.26 Å². The zero-order valence-corrected chi connectivity index (χ0v) is 8.83. The summed E-state index contributed by atoms with van der Waals surface area (Å²) in [6.45, 7) is 0. The molecule has 17 heavy (non-hydrogen) atoms. The highest BCUT2D eigenvalue weighted by molar-refractivity contribution is 5.47. The summed E-state index contributed by atoms with van der Waals surface area (Å²) in [6, 6.07) is 2.67. The Morgan fingerprint density at radius 1 is 1.24 bits per heavy atom. The van der Waals surface area contributed by atoms with Crippen LogP contribution in [0.1, 0.15) is 5.69 Å². The number of aromatic nitrogens is 1. The van der Waals surface area contributed by atoms with Gasteiger partial charge >= 0.3 is 6.36 Å². The summed E-state index contributed by atoms with van der Waals surface area (Å²) in [5.41, 5.74) is -0.326. The van der Waals surface area contributed by atoms with E-state index >= 15 is 0 Å². The van der Waals surface area contributed by atoms with Crippen LogP contribution in [0.5, 0.6) is 17.4 Å². The van der Waals surface area contributed by atoms with Crippen molar-refractivity contribution >= 4 is 0 Å². The zero-order chi connectivity index (χ0) is 13.1. The minimum Gasteiger partial charge on any atom is -0.494 e. The van der Waals surface area contributed by atoms with Crippen LogP contribution in [0.2, 0.25) is 0 Å². The first-order valence-electron chi connectivity index (χ1n) is 4.20. The van der Waals surface area contributed by atoms with Gasteiger partial charge in [-0.15, -0.1) is 13.2 Å². The van der Waals surface area contributed by atoms with Crippen LogP contribution in [0.3, 0.4) is 0 Å². The molecular formula is C9H7F3N2O3. The predicted octanol–water partition coefficient (Wildman–Crippen LogP) is 1.87. The van der Waals surface area contributed by atoms with Crippen molar-refractivity contribution < 1.29 is 27.4 Å². The number of hydrogen-bond donors (Lipinski definition) is 0. The van der Waals surface area contributed by atoms with Crippen LogP contribution >= 0.6 is 0 Å². The first kappa shape index (κ1) is 12.9. The molecule has 0 atom stereocenters. The largest absolute Gasteiger partial charge is 0.574 e. The number of nitrogens with zero attached hydrogens (tertiary/aromatic N) is 2. The molecule has 1 heterocycles. The van der Waals surface area contributed by atoms with Gasteiger partial charge in [-0.25, -0.2) is 0 Å². The molecule has 0 aromatic carbocycles. The molecule has 0 bridgehead atoms. The third-order valence-corrected chi connectivity index (χ3v) is 1.68. The predicted molar refractivity (Wildman–Crippen MR) is 48.7 cm³/mol. The van der Waals surface area contributed by atoms with Gasteiger partial charge in [0.15, 0.2) is 17.2 Å². The van der Waals surface area contributed by atoms with Crippen LogP contribution in [0.25, 0.3) is 0 Å². The van der Waals surface area contributed by atoms with Gasteiger partial charge in [0.05, 0.1) is 14.2 Å². The van der Waals surface area contributed by atoms with E-state index in [2.05, 4.69) is 14.5 Å². The Hall–Kier alpha value is -2.17. The molecule has 5 nitrogen and oxygen atoms in total. The van der Waals surface area contributed by atoms with Crippen LogP contribution in [-0.4, -0.2) is 25.6 Å². The Balaban J connectivity index is 3.25. The summed E-state index contributed by atoms with van der Waals surface area (Å²) in [7, 11) is 2.40. The number of alkyl halides is 3. The van der Waals surface area contributed by atoms with Crippen molar-refractivity contribution in [3.8, 4) is 23.4 Å². The number of pyridine rings is 1. The monoisotopic (exact) mass is 248 g/mol. The van der Waals surface area contributed by atoms with Crippen LogP contribution in [-0.2, 0) is 0 Å². The lowest BCUT2D eigenvalue weighted by atomic mass is 10.3. The normalized spacial score (nSPS) is 10.6. The molecule has 1 aromatic heterocycles. The Kier molecular flexibility index (Phi) is 3.62. The maximum absolute atomic E-state index is 12.0. The van der Waals surface area contributed by atoms with Gasteiger partial charge < -0.3 is 14.2 Å². The van der Waals surface area contributed by atoms with Gasteiger partial charge in [0.25, 0.3) is 5.88 Å². The second-order valence-electron chi connectivity index (χ2n) is 2.71. The number of nitriles is 1. The number of hydrogen-bond acceptors (Lipinski definition) is 5. The molecule has 0 saturated heterocycles. The molecule has 0 aliphatic rings. The van der Waals surface area contributed by atoms with Gasteiger partial charge in [0.1, 0.15) is 6.07 Å². The molecule has 92 valence electrons. The fourth-order valence-corrected chi connectivity index (χ4v) is 1.03. The van der Waals surface area contributed by atoms with Crippen LogP contribution in [0.15, 0.2) is 6.07 Å². The van der Waals surface area contributed by atoms with E-state index in [1.807, 2.05) is 0 Å². The van der Waals surface area contributed by atoms with Crippen molar-refractivity contribution in [2.45, 2.75) is 6.36 Å². The summed E-state index contributed by atoms with van der Waals surface area (Å²) in [5, 5.41) is 8.67. The number of halogens is 3. The first-order valence-corrected chi connectivity index (χ1v) is 4.20. The molecule has 0 spiro atoms. The van der Waals surface area contributed by atoms with E-state index in [0.29, 0.717) is 0 Å². The molecule has 0 aliphatic heterocycles. The minimum atomic E-state index is -4.92. The SMILES string of the molecule is COc1cc(OC)c(OC(F)(F)F)nc1C#N. The van der Waals surface area contributed by atoms with Crippen LogP contribution in [0, 0.1) is 11.3 Å². The van der Waals surface area contributed by atoms with Crippen molar-refractivity contribution in [3.63, 3.8) is 0 Å². The average molecular weight is 248 g/mol. The summed E-state index contributed by atoms with van der Waals surface area (Å²) in [5.74, 6) is -1.12. The van der Waals surface area contributed by atoms with E-state index in [0.717, 1.165) is 13.2 Å². The summed E-state index contributed by atoms with van der Waals surface area (Å²) >= 11 is 0. The summed E-state index contributed by atoms with van der Waals surface area (Å²) in [4.78, 5) is 3.36. The molecule has 1 aromatic rings. The maximum atomic E-state index is 12.0. The van der Waals surface area contributed by atoms with Crippen molar-refractivity contribution in [2.24, 2.45) is 0 Å². The molecule has 0 amide bonds. The highest BCUT2D eigenvalue weighted by Crippen LogP contribution is 2.34. The molecule has 0 aliphatic carbocycles. The van der Waals surface area contributed by atoms with E-state index in [-0.39, 0.29) is 17.2 Å². The van der Waals surface area contributed by atoms with Crippen molar-refractivity contribution in [2.75, 3.05) is 14.2 Å². The fraction of sp³-hybridized carbons (Fsp3) is 0.333. The lowest BCUT2D eigenvalue weighted by Gasteiger charge is -2.12. The first-order chi connectivity index (χ1) is 7.91. The number of methoxy groups -OCH3 is 2. The number of rotatable bonds is 3. The smallest absolute Gasteiger partial charge is 0.494 e. The second-order valence-corrected chi connectivity index (χ2v) is 2.71. The number of ether oxygens (including phenoxy) is 3. The third-order valence-electron chi connectivity index (χ3n) is 1.68. The van der Waals surface area contributed by atoms with E-state index < -0.39 is 12.2 Å². The van der Waals surface area contributed by atoms with Gasteiger partial charge in [-0.05, 0) is 0 Å². The molecule has 0 fully saturated rings. The molecule has 8 heteroatoms. The van der Waals surface area contributed by atoms with E-state index in [9.17, 15) is 13.2 Å². The molecule has 0 unspecified atom stereocenters. The molecule has 0 radical (unpaired) electrons. The van der Waals surface area contributed by atoms with Crippen LogP contribution < -0.4 is 14.2 Å². The van der Waals surface area contributed by atoms with Crippen LogP contribution in [0.4, 0.5) is 13.2 Å². The van der Waals surface area contributed by atoms with Gasteiger partial charge in [0, 0.05) is 6.07 Å². The van der Waals surface area contributed by atoms with Crippen molar-refractivity contribution in [3.05, 3.63) is 11.8 Å². The average Bonchev–Trinajstić information content (AvgIpc) is 2.26. The Labute approximate surface area is 94.3 Å². The quantitative estimate of drug-likeness (QED) is 0.816. The molecular weight excluding hydrogens is 241 g/mol.